The first-order valence-corrected chi connectivity index (χ1v) is 9.40. The Balaban J connectivity index is 1.39. The summed E-state index contributed by atoms with van der Waals surface area (Å²) >= 11 is 0. The minimum atomic E-state index is -0.533. The number of nitrogens with zero attached hydrogens (tertiary/aromatic N) is 2. The van der Waals surface area contributed by atoms with Crippen molar-refractivity contribution in [2.75, 3.05) is 31.6 Å². The number of hydrogen-bond acceptors (Lipinski definition) is 5. The number of nitrogens with one attached hydrogen (secondary N) is 2. The van der Waals surface area contributed by atoms with Gasteiger partial charge in [-0.2, -0.15) is 0 Å². The van der Waals surface area contributed by atoms with E-state index in [-0.39, 0.29) is 24.9 Å². The molecule has 1 atom stereocenters. The van der Waals surface area contributed by atoms with Crippen LogP contribution in [0.1, 0.15) is 24.0 Å². The highest BCUT2D eigenvalue weighted by atomic mass is 16.5. The number of carbonyl (C=O) groups excluding carboxylic acids is 4. The molecule has 2 saturated heterocycles. The number of fused-ring (bicyclic) bond motifs is 1. The Morgan fingerprint density at radius 3 is 2.79 bits per heavy atom. The molecule has 4 rings (SSSR count). The van der Waals surface area contributed by atoms with Gasteiger partial charge in [0.15, 0.2) is 0 Å². The molecule has 0 saturated carbocycles. The van der Waals surface area contributed by atoms with E-state index in [0.29, 0.717) is 31.8 Å². The van der Waals surface area contributed by atoms with Crippen molar-refractivity contribution in [2.45, 2.75) is 31.9 Å². The average molecular weight is 386 g/mol. The minimum absolute atomic E-state index is 0.0889. The Labute approximate surface area is 162 Å². The van der Waals surface area contributed by atoms with Gasteiger partial charge in [0, 0.05) is 25.4 Å². The van der Waals surface area contributed by atoms with Crippen molar-refractivity contribution in [2.24, 2.45) is 0 Å². The molecule has 9 heteroatoms. The van der Waals surface area contributed by atoms with Crippen molar-refractivity contribution in [3.8, 4) is 0 Å². The van der Waals surface area contributed by atoms with Gasteiger partial charge in [-0.1, -0.05) is 6.07 Å². The highest BCUT2D eigenvalue weighted by molar-refractivity contribution is 6.03. The number of carbonyl (C=O) groups is 4. The molecule has 0 bridgehead atoms. The number of hydrogen-bond donors (Lipinski definition) is 2. The van der Waals surface area contributed by atoms with Gasteiger partial charge in [-0.05, 0) is 42.5 Å². The van der Waals surface area contributed by atoms with Crippen LogP contribution in [0, 0.1) is 0 Å². The molecule has 2 N–H and O–H groups in total. The molecule has 0 aromatic heterocycles. The summed E-state index contributed by atoms with van der Waals surface area (Å²) in [7, 11) is 0. The first kappa shape index (κ1) is 18.4. The largest absolute Gasteiger partial charge is 0.368 e. The average Bonchev–Trinajstić information content (AvgIpc) is 3.31. The zero-order chi connectivity index (χ0) is 19.7. The third kappa shape index (κ3) is 3.84. The van der Waals surface area contributed by atoms with E-state index in [1.54, 1.807) is 4.90 Å². The van der Waals surface area contributed by atoms with E-state index in [1.165, 1.54) is 4.90 Å². The number of benzene rings is 1. The van der Waals surface area contributed by atoms with Crippen molar-refractivity contribution in [3.05, 3.63) is 29.3 Å². The Kier molecular flexibility index (Phi) is 4.99. The Bertz CT molecular complexity index is 834. The number of urea groups is 1. The first-order valence-electron chi connectivity index (χ1n) is 9.40. The van der Waals surface area contributed by atoms with Crippen molar-refractivity contribution in [1.29, 1.82) is 0 Å². The molecule has 2 fully saturated rings. The molecule has 28 heavy (non-hydrogen) atoms. The smallest absolute Gasteiger partial charge is 0.325 e. The van der Waals surface area contributed by atoms with Gasteiger partial charge in [-0.3, -0.25) is 19.7 Å². The van der Waals surface area contributed by atoms with E-state index in [9.17, 15) is 19.2 Å². The number of imide groups is 1. The van der Waals surface area contributed by atoms with Gasteiger partial charge in [0.25, 0.3) is 5.91 Å². The van der Waals surface area contributed by atoms with Crippen LogP contribution in [0.5, 0.6) is 0 Å². The lowest BCUT2D eigenvalue weighted by atomic mass is 9.99. The zero-order valence-corrected chi connectivity index (χ0v) is 15.4. The summed E-state index contributed by atoms with van der Waals surface area (Å²) < 4.78 is 5.40. The summed E-state index contributed by atoms with van der Waals surface area (Å²) in [6, 6.07) is 5.18. The second-order valence-electron chi connectivity index (χ2n) is 7.25. The van der Waals surface area contributed by atoms with Crippen LogP contribution in [0.3, 0.4) is 0 Å². The fourth-order valence-corrected chi connectivity index (χ4v) is 3.73. The van der Waals surface area contributed by atoms with Crippen LogP contribution in [0.4, 0.5) is 10.5 Å². The molecule has 0 unspecified atom stereocenters. The summed E-state index contributed by atoms with van der Waals surface area (Å²) in [5.74, 6) is -0.747. The van der Waals surface area contributed by atoms with Crippen LogP contribution < -0.4 is 10.6 Å². The predicted octanol–water partition coefficient (Wildman–Crippen LogP) is 0.241. The highest BCUT2D eigenvalue weighted by Gasteiger charge is 2.31. The monoisotopic (exact) mass is 386 g/mol. The summed E-state index contributed by atoms with van der Waals surface area (Å²) in [6.45, 7) is 1.36. The molecule has 0 aliphatic carbocycles. The SMILES string of the molecule is O=C1CN(CC(=O)N2CCc3ccc(NC(=O)[C@@H]4CCCO4)cc3C2)C(=O)N1. The fraction of sp³-hybridized carbons (Fsp3) is 0.474. The Morgan fingerprint density at radius 2 is 2.07 bits per heavy atom. The Morgan fingerprint density at radius 1 is 1.21 bits per heavy atom. The van der Waals surface area contributed by atoms with E-state index >= 15 is 0 Å². The maximum atomic E-state index is 12.6. The van der Waals surface area contributed by atoms with Gasteiger partial charge in [0.2, 0.25) is 11.8 Å². The quantitative estimate of drug-likeness (QED) is 0.721. The van der Waals surface area contributed by atoms with Gasteiger partial charge in [0.05, 0.1) is 0 Å². The van der Waals surface area contributed by atoms with Crippen LogP contribution in [0.2, 0.25) is 0 Å². The number of anilines is 1. The van der Waals surface area contributed by atoms with Crippen LogP contribution in [0.15, 0.2) is 18.2 Å². The number of ether oxygens (including phenoxy) is 1. The van der Waals surface area contributed by atoms with E-state index < -0.39 is 18.0 Å². The van der Waals surface area contributed by atoms with Crippen molar-refractivity contribution < 1.29 is 23.9 Å². The lowest BCUT2D eigenvalue weighted by molar-refractivity contribution is -0.132. The van der Waals surface area contributed by atoms with Gasteiger partial charge in [-0.25, -0.2) is 4.79 Å². The Hall–Kier alpha value is -2.94. The van der Waals surface area contributed by atoms with Crippen LogP contribution in [-0.4, -0.2) is 65.9 Å². The molecule has 3 aliphatic heterocycles. The summed E-state index contributed by atoms with van der Waals surface area (Å²) in [6.07, 6.45) is 1.92. The fourth-order valence-electron chi connectivity index (χ4n) is 3.73. The van der Waals surface area contributed by atoms with Gasteiger partial charge in [-0.15, -0.1) is 0 Å². The molecule has 3 aliphatic rings. The molecule has 9 nitrogen and oxygen atoms in total. The molecule has 5 amide bonds. The van der Waals surface area contributed by atoms with Crippen molar-refractivity contribution >= 4 is 29.4 Å². The zero-order valence-electron chi connectivity index (χ0n) is 15.4. The third-order valence-electron chi connectivity index (χ3n) is 5.26. The maximum absolute atomic E-state index is 12.6. The van der Waals surface area contributed by atoms with E-state index in [0.717, 1.165) is 24.0 Å². The minimum Gasteiger partial charge on any atom is -0.368 e. The highest BCUT2D eigenvalue weighted by Crippen LogP contribution is 2.24. The van der Waals surface area contributed by atoms with Crippen LogP contribution >= 0.6 is 0 Å². The van der Waals surface area contributed by atoms with Crippen LogP contribution in [0.25, 0.3) is 0 Å². The van der Waals surface area contributed by atoms with E-state index in [2.05, 4.69) is 10.6 Å². The van der Waals surface area contributed by atoms with Crippen LogP contribution in [-0.2, 0) is 32.1 Å². The molecule has 3 heterocycles. The molecule has 148 valence electrons. The van der Waals surface area contributed by atoms with Gasteiger partial charge in [0.1, 0.15) is 19.2 Å². The van der Waals surface area contributed by atoms with E-state index in [4.69, 9.17) is 4.74 Å². The van der Waals surface area contributed by atoms with Crippen molar-refractivity contribution in [1.82, 2.24) is 15.1 Å². The summed E-state index contributed by atoms with van der Waals surface area (Å²) in [4.78, 5) is 50.6. The topological polar surface area (TPSA) is 108 Å². The molecular weight excluding hydrogens is 364 g/mol. The summed E-state index contributed by atoms with van der Waals surface area (Å²) in [5, 5.41) is 5.05. The second kappa shape index (κ2) is 7.59. The third-order valence-corrected chi connectivity index (χ3v) is 5.26. The number of amides is 5. The first-order chi connectivity index (χ1) is 13.5. The second-order valence-corrected chi connectivity index (χ2v) is 7.25. The molecule has 0 spiro atoms. The van der Waals surface area contributed by atoms with Gasteiger partial charge < -0.3 is 19.9 Å². The van der Waals surface area contributed by atoms with Crippen molar-refractivity contribution in [3.63, 3.8) is 0 Å². The standard InChI is InChI=1S/C19H22N4O5/c24-16-10-23(19(27)21-16)11-17(25)22-6-5-12-3-4-14(8-13(12)9-22)20-18(26)15-2-1-7-28-15/h3-4,8,15H,1-2,5-7,9-11H2,(H,20,26)(H,21,24,27)/t15-/m0/s1. The lowest BCUT2D eigenvalue weighted by Gasteiger charge is -2.30. The number of rotatable bonds is 4. The lowest BCUT2D eigenvalue weighted by Crippen LogP contribution is -2.43. The maximum Gasteiger partial charge on any atom is 0.325 e. The summed E-state index contributed by atoms with van der Waals surface area (Å²) in [5.41, 5.74) is 2.78. The van der Waals surface area contributed by atoms with E-state index in [1.807, 2.05) is 18.2 Å². The molecule has 1 aromatic rings. The molecule has 0 radical (unpaired) electrons. The predicted molar refractivity (Wildman–Crippen MR) is 98.3 cm³/mol. The molecular formula is C19H22N4O5. The molecule has 1 aromatic carbocycles. The van der Waals surface area contributed by atoms with Gasteiger partial charge >= 0.3 is 6.03 Å². The normalized spacial score (nSPS) is 21.5.